The Morgan fingerprint density at radius 2 is 1.67 bits per heavy atom. The second kappa shape index (κ2) is 9.18. The minimum atomic E-state index is -0.649. The maximum atomic E-state index is 13.5. The van der Waals surface area contributed by atoms with Crippen LogP contribution in [0.4, 0.5) is 9.18 Å². The first-order valence-electron chi connectivity index (χ1n) is 11.7. The zero-order valence-electron chi connectivity index (χ0n) is 20.6. The molecule has 1 saturated heterocycles. The average Bonchev–Trinajstić information content (AvgIpc) is 3.39. The van der Waals surface area contributed by atoms with Gasteiger partial charge in [-0.15, -0.1) is 0 Å². The number of imide groups is 1. The summed E-state index contributed by atoms with van der Waals surface area (Å²) < 4.78 is 24.1. The van der Waals surface area contributed by atoms with Crippen molar-refractivity contribution in [2.24, 2.45) is 4.99 Å². The Morgan fingerprint density at radius 3 is 2.36 bits per heavy atom. The summed E-state index contributed by atoms with van der Waals surface area (Å²) in [7, 11) is 4.86. The van der Waals surface area contributed by atoms with E-state index in [1.807, 2.05) is 36.2 Å². The van der Waals surface area contributed by atoms with Crippen LogP contribution in [0, 0.1) is 5.82 Å². The number of amides is 3. The summed E-state index contributed by atoms with van der Waals surface area (Å²) in [5.74, 6) is 1.30. The molecule has 9 nitrogen and oxygen atoms in total. The number of likely N-dealkylation sites (N-methyl/N-ethyl adjacent to an activating group) is 1. The number of ether oxygens (including phenoxy) is 2. The summed E-state index contributed by atoms with van der Waals surface area (Å²) in [6, 6.07) is 10.5. The molecule has 0 N–H and O–H groups in total. The molecule has 1 fully saturated rings. The number of aliphatic imine (C=N–C) groups is 1. The van der Waals surface area contributed by atoms with Gasteiger partial charge in [-0.05, 0) is 48.7 Å². The van der Waals surface area contributed by atoms with Crippen molar-refractivity contribution in [3.05, 3.63) is 71.3 Å². The minimum Gasteiger partial charge on any atom is -0.493 e. The van der Waals surface area contributed by atoms with Crippen LogP contribution in [-0.2, 0) is 17.8 Å². The Morgan fingerprint density at radius 1 is 0.972 bits per heavy atom. The number of carbonyl (C=O) groups excluding carboxylic acids is 2. The van der Waals surface area contributed by atoms with E-state index in [0.717, 1.165) is 11.3 Å². The molecule has 188 valence electrons. The van der Waals surface area contributed by atoms with Crippen molar-refractivity contribution in [2.75, 3.05) is 27.8 Å². The number of nitrogens with zero attached hydrogens (tertiary/aromatic N) is 5. The van der Waals surface area contributed by atoms with Gasteiger partial charge in [0.15, 0.2) is 23.7 Å². The van der Waals surface area contributed by atoms with Crippen molar-refractivity contribution in [2.45, 2.75) is 32.1 Å². The summed E-state index contributed by atoms with van der Waals surface area (Å²) in [6.07, 6.45) is 2.01. The Hall–Kier alpha value is -4.08. The Labute approximate surface area is 209 Å². The number of guanidine groups is 1. The topological polar surface area (TPSA) is 77.9 Å². The molecule has 0 saturated carbocycles. The fourth-order valence-corrected chi connectivity index (χ4v) is 4.87. The van der Waals surface area contributed by atoms with Crippen molar-refractivity contribution in [1.29, 1.82) is 0 Å². The highest BCUT2D eigenvalue weighted by Gasteiger charge is 2.54. The quantitative estimate of drug-likeness (QED) is 0.590. The number of halogens is 1. The van der Waals surface area contributed by atoms with Crippen LogP contribution in [0.25, 0.3) is 0 Å². The molecular formula is C26H28FN5O4. The van der Waals surface area contributed by atoms with E-state index in [2.05, 4.69) is 4.90 Å². The third-order valence-electron chi connectivity index (χ3n) is 6.83. The molecule has 2 aromatic rings. The number of fused-ring (bicyclic) bond motifs is 3. The van der Waals surface area contributed by atoms with Gasteiger partial charge in [0.25, 0.3) is 5.91 Å². The van der Waals surface area contributed by atoms with Crippen LogP contribution >= 0.6 is 0 Å². The molecule has 3 aliphatic heterocycles. The number of rotatable bonds is 7. The molecule has 3 amide bonds. The highest BCUT2D eigenvalue weighted by Crippen LogP contribution is 2.35. The van der Waals surface area contributed by atoms with Crippen molar-refractivity contribution < 1.29 is 23.5 Å². The molecule has 0 aromatic heterocycles. The maximum Gasteiger partial charge on any atom is 0.328 e. The van der Waals surface area contributed by atoms with Crippen LogP contribution in [0.5, 0.6) is 11.5 Å². The lowest BCUT2D eigenvalue weighted by atomic mass is 10.1. The van der Waals surface area contributed by atoms with E-state index in [1.54, 1.807) is 33.4 Å². The molecular weight excluding hydrogens is 465 g/mol. The third kappa shape index (κ3) is 3.92. The zero-order chi connectivity index (χ0) is 25.6. The first kappa shape index (κ1) is 23.7. The van der Waals surface area contributed by atoms with Crippen LogP contribution in [0.2, 0.25) is 0 Å². The highest BCUT2D eigenvalue weighted by molar-refractivity contribution is 6.04. The number of methoxy groups -OCH3 is 2. The van der Waals surface area contributed by atoms with Crippen molar-refractivity contribution >= 4 is 17.9 Å². The third-order valence-corrected chi connectivity index (χ3v) is 6.83. The van der Waals surface area contributed by atoms with E-state index < -0.39 is 18.2 Å². The lowest BCUT2D eigenvalue weighted by Crippen LogP contribution is -2.63. The predicted molar refractivity (Wildman–Crippen MR) is 131 cm³/mol. The first-order chi connectivity index (χ1) is 17.3. The molecule has 0 bridgehead atoms. The smallest absolute Gasteiger partial charge is 0.328 e. The molecule has 0 aliphatic carbocycles. The molecule has 2 unspecified atom stereocenters. The van der Waals surface area contributed by atoms with Crippen molar-refractivity contribution in [1.82, 2.24) is 19.6 Å². The van der Waals surface area contributed by atoms with Crippen LogP contribution in [-0.4, -0.2) is 77.5 Å². The number of hydrogen-bond donors (Lipinski definition) is 0. The van der Waals surface area contributed by atoms with E-state index in [1.165, 1.54) is 21.9 Å². The monoisotopic (exact) mass is 493 g/mol. The summed E-state index contributed by atoms with van der Waals surface area (Å²) in [5.41, 5.74) is 2.71. The van der Waals surface area contributed by atoms with Crippen LogP contribution in [0.1, 0.15) is 18.1 Å². The number of allylic oxidation sites excluding steroid dienone is 1. The standard InChI is InChI=1S/C26H28FN5O4/c1-16-14-31-22-23(29(2)26(34)32(24(22)33)15-18-5-8-19(27)9-6-18)28-25(31)30(16)12-11-17-7-10-20(35-3)21(13-17)36-4/h5-10,13-14,22-23H,11-12,15H2,1-4H3. The second-order valence-corrected chi connectivity index (χ2v) is 9.00. The molecule has 0 spiro atoms. The largest absolute Gasteiger partial charge is 0.493 e. The Kier molecular flexibility index (Phi) is 6.03. The van der Waals surface area contributed by atoms with Gasteiger partial charge >= 0.3 is 6.03 Å². The van der Waals surface area contributed by atoms with E-state index in [-0.39, 0.29) is 18.3 Å². The molecule has 2 atom stereocenters. The first-order valence-corrected chi connectivity index (χ1v) is 11.7. The predicted octanol–water partition coefficient (Wildman–Crippen LogP) is 3.02. The summed E-state index contributed by atoms with van der Waals surface area (Å²) >= 11 is 0. The van der Waals surface area contributed by atoms with Gasteiger partial charge < -0.3 is 24.2 Å². The SMILES string of the molecule is COc1ccc(CCN2C(C)=CN3C2=NC2C3C(=O)N(Cc3ccc(F)cc3)C(=O)N2C)cc1OC. The van der Waals surface area contributed by atoms with Crippen LogP contribution in [0.15, 0.2) is 59.4 Å². The molecule has 3 aliphatic rings. The van der Waals surface area contributed by atoms with Crippen molar-refractivity contribution in [3.63, 3.8) is 0 Å². The Bertz CT molecular complexity index is 1260. The van der Waals surface area contributed by atoms with E-state index in [4.69, 9.17) is 14.5 Å². The van der Waals surface area contributed by atoms with Gasteiger partial charge in [0.1, 0.15) is 5.82 Å². The van der Waals surface area contributed by atoms with Gasteiger partial charge in [-0.1, -0.05) is 18.2 Å². The molecule has 5 rings (SSSR count). The van der Waals surface area contributed by atoms with E-state index in [0.29, 0.717) is 36.0 Å². The van der Waals surface area contributed by atoms with Crippen molar-refractivity contribution in [3.8, 4) is 11.5 Å². The Balaban J connectivity index is 1.34. The second-order valence-electron chi connectivity index (χ2n) is 9.00. The van der Waals surface area contributed by atoms with Gasteiger partial charge in [0, 0.05) is 25.5 Å². The lowest BCUT2D eigenvalue weighted by Gasteiger charge is -2.40. The minimum absolute atomic E-state index is 0.0698. The number of hydrogen-bond acceptors (Lipinski definition) is 7. The van der Waals surface area contributed by atoms with Gasteiger partial charge in [-0.25, -0.2) is 14.2 Å². The molecule has 36 heavy (non-hydrogen) atoms. The fraction of sp³-hybridized carbons (Fsp3) is 0.346. The fourth-order valence-electron chi connectivity index (χ4n) is 4.87. The number of urea groups is 1. The summed E-state index contributed by atoms with van der Waals surface area (Å²) in [6.45, 7) is 2.68. The summed E-state index contributed by atoms with van der Waals surface area (Å²) in [5, 5.41) is 0. The average molecular weight is 494 g/mol. The normalized spacial score (nSPS) is 20.9. The molecule has 0 radical (unpaired) electrons. The maximum absolute atomic E-state index is 13.5. The number of carbonyl (C=O) groups is 2. The van der Waals surface area contributed by atoms with Crippen LogP contribution < -0.4 is 9.47 Å². The number of benzene rings is 2. The highest BCUT2D eigenvalue weighted by atomic mass is 19.1. The van der Waals surface area contributed by atoms with E-state index >= 15 is 0 Å². The van der Waals surface area contributed by atoms with Gasteiger partial charge in [-0.3, -0.25) is 9.69 Å². The van der Waals surface area contributed by atoms with Crippen LogP contribution in [0.3, 0.4) is 0 Å². The lowest BCUT2D eigenvalue weighted by molar-refractivity contribution is -0.137. The molecule has 2 aromatic carbocycles. The summed E-state index contributed by atoms with van der Waals surface area (Å²) in [4.78, 5) is 38.0. The molecule has 10 heteroatoms. The van der Waals surface area contributed by atoms with Gasteiger partial charge in [0.05, 0.1) is 20.8 Å². The molecule has 3 heterocycles. The van der Waals surface area contributed by atoms with E-state index in [9.17, 15) is 14.0 Å². The van der Waals surface area contributed by atoms with Gasteiger partial charge in [0.2, 0.25) is 5.96 Å². The zero-order valence-corrected chi connectivity index (χ0v) is 20.6. The van der Waals surface area contributed by atoms with Gasteiger partial charge in [-0.2, -0.15) is 0 Å².